The van der Waals surface area contributed by atoms with Gasteiger partial charge in [0.15, 0.2) is 0 Å². The minimum atomic E-state index is -0.314. The van der Waals surface area contributed by atoms with Gasteiger partial charge >= 0.3 is 5.97 Å². The molecule has 1 saturated heterocycles. The monoisotopic (exact) mass is 296 g/mol. The Morgan fingerprint density at radius 2 is 2.45 bits per heavy atom. The molecule has 1 amide bonds. The summed E-state index contributed by atoms with van der Waals surface area (Å²) >= 11 is 1.53. The first-order valence-electron chi connectivity index (χ1n) is 6.82. The van der Waals surface area contributed by atoms with E-state index in [0.717, 1.165) is 24.3 Å². The molecule has 2 rings (SSSR count). The molecule has 1 unspecified atom stereocenters. The smallest absolute Gasteiger partial charge is 0.307 e. The normalized spacial score (nSPS) is 20.1. The first-order valence-corrected chi connectivity index (χ1v) is 7.70. The number of methoxy groups -OCH3 is 1. The predicted octanol–water partition coefficient (Wildman–Crippen LogP) is 1.47. The number of hydrogen-bond acceptors (Lipinski definition) is 5. The average molecular weight is 296 g/mol. The Morgan fingerprint density at radius 1 is 1.60 bits per heavy atom. The zero-order valence-corrected chi connectivity index (χ0v) is 12.4. The van der Waals surface area contributed by atoms with E-state index in [1.54, 1.807) is 0 Å². The second-order valence-corrected chi connectivity index (χ2v) is 5.88. The summed E-state index contributed by atoms with van der Waals surface area (Å²) in [5.41, 5.74) is 0. The summed E-state index contributed by atoms with van der Waals surface area (Å²) in [7, 11) is 1.36. The van der Waals surface area contributed by atoms with Gasteiger partial charge < -0.3 is 15.4 Å². The number of esters is 1. The number of carbonyl (C=O) groups is 2. The van der Waals surface area contributed by atoms with E-state index in [9.17, 15) is 9.59 Å². The highest BCUT2D eigenvalue weighted by Gasteiger charge is 2.25. The zero-order valence-electron chi connectivity index (χ0n) is 11.6. The number of hydrogen-bond donors (Lipinski definition) is 2. The molecule has 110 valence electrons. The maximum atomic E-state index is 12.3. The van der Waals surface area contributed by atoms with Gasteiger partial charge in [-0.25, -0.2) is 0 Å². The van der Waals surface area contributed by atoms with Gasteiger partial charge in [0.1, 0.15) is 0 Å². The van der Waals surface area contributed by atoms with Gasteiger partial charge in [0.05, 0.1) is 25.5 Å². The van der Waals surface area contributed by atoms with Crippen LogP contribution in [0.3, 0.4) is 0 Å². The summed E-state index contributed by atoms with van der Waals surface area (Å²) in [6, 6.07) is 3.55. The van der Waals surface area contributed by atoms with Gasteiger partial charge in [-0.2, -0.15) is 0 Å². The highest BCUT2D eigenvalue weighted by molar-refractivity contribution is 7.10. The van der Waals surface area contributed by atoms with Gasteiger partial charge in [-0.15, -0.1) is 11.3 Å². The van der Waals surface area contributed by atoms with Gasteiger partial charge in [-0.05, 0) is 30.8 Å². The molecule has 1 aromatic heterocycles. The summed E-state index contributed by atoms with van der Waals surface area (Å²) in [6.07, 6.45) is 2.08. The van der Waals surface area contributed by atoms with Crippen molar-refractivity contribution in [2.45, 2.75) is 25.3 Å². The van der Waals surface area contributed by atoms with Crippen molar-refractivity contribution in [3.8, 4) is 0 Å². The fourth-order valence-electron chi connectivity index (χ4n) is 2.33. The van der Waals surface area contributed by atoms with Crippen LogP contribution in [0.1, 0.15) is 30.2 Å². The lowest BCUT2D eigenvalue weighted by Crippen LogP contribution is -2.42. The van der Waals surface area contributed by atoms with E-state index < -0.39 is 0 Å². The number of carbonyl (C=O) groups excluding carboxylic acids is 2. The minimum Gasteiger partial charge on any atom is -0.469 e. The second kappa shape index (κ2) is 7.40. The average Bonchev–Trinajstić information content (AvgIpc) is 3.01. The summed E-state index contributed by atoms with van der Waals surface area (Å²) in [4.78, 5) is 24.7. The number of thiophene rings is 1. The zero-order chi connectivity index (χ0) is 14.4. The largest absolute Gasteiger partial charge is 0.469 e. The lowest BCUT2D eigenvalue weighted by atomic mass is 9.98. The molecule has 1 aliphatic rings. The van der Waals surface area contributed by atoms with E-state index in [-0.39, 0.29) is 30.3 Å². The Hall–Kier alpha value is -1.40. The van der Waals surface area contributed by atoms with Gasteiger partial charge in [-0.3, -0.25) is 9.59 Å². The van der Waals surface area contributed by atoms with Gasteiger partial charge in [0.25, 0.3) is 0 Å². The molecular weight excluding hydrogens is 276 g/mol. The Morgan fingerprint density at radius 3 is 3.05 bits per heavy atom. The summed E-state index contributed by atoms with van der Waals surface area (Å²) in [6.45, 7) is 1.68. The molecule has 1 fully saturated rings. The van der Waals surface area contributed by atoms with Crippen molar-refractivity contribution in [3.63, 3.8) is 0 Å². The Bertz CT molecular complexity index is 441. The van der Waals surface area contributed by atoms with E-state index in [2.05, 4.69) is 10.6 Å². The van der Waals surface area contributed by atoms with E-state index in [1.807, 2.05) is 17.5 Å². The van der Waals surface area contributed by atoms with E-state index in [1.165, 1.54) is 18.4 Å². The molecule has 6 heteroatoms. The SMILES string of the molecule is COC(=O)CC(NC(=O)[C@H]1CCCNC1)c1cccs1. The van der Waals surface area contributed by atoms with Crippen molar-refractivity contribution in [2.24, 2.45) is 5.92 Å². The maximum Gasteiger partial charge on any atom is 0.307 e. The Balaban J connectivity index is 1.99. The Kier molecular flexibility index (Phi) is 5.55. The molecule has 2 N–H and O–H groups in total. The molecule has 1 aromatic rings. The molecule has 0 radical (unpaired) electrons. The molecule has 5 nitrogen and oxygen atoms in total. The maximum absolute atomic E-state index is 12.3. The first-order chi connectivity index (χ1) is 9.70. The van der Waals surface area contributed by atoms with Gasteiger partial charge in [0.2, 0.25) is 5.91 Å². The topological polar surface area (TPSA) is 67.4 Å². The number of ether oxygens (including phenoxy) is 1. The van der Waals surface area contributed by atoms with Gasteiger partial charge in [-0.1, -0.05) is 6.07 Å². The fraction of sp³-hybridized carbons (Fsp3) is 0.571. The number of piperidine rings is 1. The molecular formula is C14H20N2O3S. The van der Waals surface area contributed by atoms with Crippen molar-refractivity contribution in [1.29, 1.82) is 0 Å². The highest BCUT2D eigenvalue weighted by atomic mass is 32.1. The third kappa shape index (κ3) is 4.05. The van der Waals surface area contributed by atoms with Crippen LogP contribution in [-0.4, -0.2) is 32.1 Å². The molecule has 1 aliphatic heterocycles. The lowest BCUT2D eigenvalue weighted by molar-refractivity contribution is -0.141. The fourth-order valence-corrected chi connectivity index (χ4v) is 3.11. The summed E-state index contributed by atoms with van der Waals surface area (Å²) < 4.78 is 4.71. The molecule has 2 atom stereocenters. The number of amides is 1. The standard InChI is InChI=1S/C14H20N2O3S/c1-19-13(17)8-11(12-5-3-7-20-12)16-14(18)10-4-2-6-15-9-10/h3,5,7,10-11,15H,2,4,6,8-9H2,1H3,(H,16,18)/t10-,11?/m0/s1. The van der Waals surface area contributed by atoms with Crippen LogP contribution >= 0.6 is 11.3 Å². The third-order valence-corrected chi connectivity index (χ3v) is 4.46. The molecule has 0 aromatic carbocycles. The van der Waals surface area contributed by atoms with Crippen LogP contribution in [0.2, 0.25) is 0 Å². The molecule has 0 spiro atoms. The highest BCUT2D eigenvalue weighted by Crippen LogP contribution is 2.23. The lowest BCUT2D eigenvalue weighted by Gasteiger charge is -2.24. The first kappa shape index (κ1) is 15.0. The Labute approximate surface area is 122 Å². The van der Waals surface area contributed by atoms with Crippen molar-refractivity contribution in [2.75, 3.05) is 20.2 Å². The predicted molar refractivity (Wildman–Crippen MR) is 77.4 cm³/mol. The van der Waals surface area contributed by atoms with Crippen LogP contribution in [0.5, 0.6) is 0 Å². The summed E-state index contributed by atoms with van der Waals surface area (Å²) in [5.74, 6) is -0.311. The van der Waals surface area contributed by atoms with Crippen LogP contribution in [0.25, 0.3) is 0 Å². The minimum absolute atomic E-state index is 0.0103. The quantitative estimate of drug-likeness (QED) is 0.808. The van der Waals surface area contributed by atoms with Crippen molar-refractivity contribution >= 4 is 23.2 Å². The van der Waals surface area contributed by atoms with Crippen molar-refractivity contribution in [3.05, 3.63) is 22.4 Å². The molecule has 0 saturated carbocycles. The van der Waals surface area contributed by atoms with Crippen LogP contribution in [0.4, 0.5) is 0 Å². The van der Waals surface area contributed by atoms with Crippen LogP contribution in [-0.2, 0) is 14.3 Å². The summed E-state index contributed by atoms with van der Waals surface area (Å²) in [5, 5.41) is 8.15. The molecule has 2 heterocycles. The van der Waals surface area contributed by atoms with E-state index >= 15 is 0 Å². The van der Waals surface area contributed by atoms with Crippen LogP contribution in [0.15, 0.2) is 17.5 Å². The number of nitrogens with one attached hydrogen (secondary N) is 2. The third-order valence-electron chi connectivity index (χ3n) is 3.47. The van der Waals surface area contributed by atoms with Crippen LogP contribution in [0, 0.1) is 5.92 Å². The molecule has 0 bridgehead atoms. The molecule has 20 heavy (non-hydrogen) atoms. The van der Waals surface area contributed by atoms with E-state index in [4.69, 9.17) is 4.74 Å². The van der Waals surface area contributed by atoms with E-state index in [0.29, 0.717) is 6.54 Å². The van der Waals surface area contributed by atoms with Crippen molar-refractivity contribution in [1.82, 2.24) is 10.6 Å². The van der Waals surface area contributed by atoms with Gasteiger partial charge in [0, 0.05) is 11.4 Å². The molecule has 0 aliphatic carbocycles. The van der Waals surface area contributed by atoms with Crippen molar-refractivity contribution < 1.29 is 14.3 Å². The van der Waals surface area contributed by atoms with Crippen LogP contribution < -0.4 is 10.6 Å². The number of rotatable bonds is 5. The second-order valence-electron chi connectivity index (χ2n) is 4.90.